The van der Waals surface area contributed by atoms with Gasteiger partial charge in [-0.2, -0.15) is 0 Å². The average molecular weight is 193 g/mol. The topological polar surface area (TPSA) is 12.0 Å². The van der Waals surface area contributed by atoms with Crippen molar-refractivity contribution < 1.29 is 4.39 Å². The van der Waals surface area contributed by atoms with E-state index in [1.807, 2.05) is 13.1 Å². The largest absolute Gasteiger partial charge is 0.316 e. The highest BCUT2D eigenvalue weighted by Crippen LogP contribution is 2.34. The molecular weight excluding hydrogens is 177 g/mol. The molecule has 1 N–H and O–H groups in total. The molecule has 14 heavy (non-hydrogen) atoms. The van der Waals surface area contributed by atoms with Crippen LogP contribution in [0.1, 0.15) is 30.7 Å². The molecular formula is C12H16FN. The predicted octanol–water partition coefficient (Wildman–Crippen LogP) is 2.68. The summed E-state index contributed by atoms with van der Waals surface area (Å²) in [6, 6.07) is 7.53. The van der Waals surface area contributed by atoms with Crippen molar-refractivity contribution in [1.29, 1.82) is 0 Å². The van der Waals surface area contributed by atoms with Gasteiger partial charge in [-0.3, -0.25) is 0 Å². The van der Waals surface area contributed by atoms with Crippen molar-refractivity contribution >= 4 is 0 Å². The first-order chi connectivity index (χ1) is 6.81. The molecule has 1 aromatic carbocycles. The van der Waals surface area contributed by atoms with Gasteiger partial charge >= 0.3 is 0 Å². The van der Waals surface area contributed by atoms with Gasteiger partial charge in [-0.05, 0) is 43.5 Å². The zero-order chi connectivity index (χ0) is 9.97. The molecule has 2 rings (SSSR count). The molecule has 1 aliphatic rings. The number of hydrogen-bond acceptors (Lipinski definition) is 1. The zero-order valence-corrected chi connectivity index (χ0v) is 8.46. The van der Waals surface area contributed by atoms with E-state index in [9.17, 15) is 4.39 Å². The minimum Gasteiger partial charge on any atom is -0.316 e. The Morgan fingerprint density at radius 2 is 2.21 bits per heavy atom. The van der Waals surface area contributed by atoms with E-state index in [-0.39, 0.29) is 5.82 Å². The summed E-state index contributed by atoms with van der Waals surface area (Å²) in [6.45, 7) is 0. The molecule has 0 amide bonds. The van der Waals surface area contributed by atoms with Crippen LogP contribution < -0.4 is 5.32 Å². The molecule has 0 spiro atoms. The lowest BCUT2D eigenvalue weighted by Crippen LogP contribution is -2.27. The highest BCUT2D eigenvalue weighted by molar-refractivity contribution is 5.23. The van der Waals surface area contributed by atoms with Crippen molar-refractivity contribution in [3.63, 3.8) is 0 Å². The van der Waals surface area contributed by atoms with Crippen LogP contribution in [0.4, 0.5) is 4.39 Å². The maximum absolute atomic E-state index is 13.0. The zero-order valence-electron chi connectivity index (χ0n) is 8.46. The van der Waals surface area contributed by atoms with Crippen molar-refractivity contribution in [3.8, 4) is 0 Å². The Balaban J connectivity index is 2.21. The Kier molecular flexibility index (Phi) is 2.82. The molecule has 0 bridgehead atoms. The minimum absolute atomic E-state index is 0.121. The third-order valence-electron chi connectivity index (χ3n) is 3.16. The lowest BCUT2D eigenvalue weighted by molar-refractivity contribution is 0.519. The summed E-state index contributed by atoms with van der Waals surface area (Å²) in [5.41, 5.74) is 1.14. The smallest absolute Gasteiger partial charge is 0.123 e. The monoisotopic (exact) mass is 193 g/mol. The maximum Gasteiger partial charge on any atom is 0.123 e. The molecule has 2 heteroatoms. The SMILES string of the molecule is CNC1CCCC1c1cccc(F)c1. The number of benzene rings is 1. The predicted molar refractivity (Wildman–Crippen MR) is 55.8 cm³/mol. The second-order valence-electron chi connectivity index (χ2n) is 3.99. The van der Waals surface area contributed by atoms with Gasteiger partial charge in [0.1, 0.15) is 5.82 Å². The van der Waals surface area contributed by atoms with Crippen molar-refractivity contribution in [2.45, 2.75) is 31.2 Å². The Labute approximate surface area is 84.3 Å². The van der Waals surface area contributed by atoms with Gasteiger partial charge in [0.05, 0.1) is 0 Å². The first kappa shape index (κ1) is 9.66. The first-order valence-electron chi connectivity index (χ1n) is 5.24. The van der Waals surface area contributed by atoms with Gasteiger partial charge in [0, 0.05) is 6.04 Å². The van der Waals surface area contributed by atoms with Crippen LogP contribution >= 0.6 is 0 Å². The minimum atomic E-state index is -0.121. The van der Waals surface area contributed by atoms with Crippen molar-refractivity contribution in [2.24, 2.45) is 0 Å². The molecule has 2 unspecified atom stereocenters. The van der Waals surface area contributed by atoms with Gasteiger partial charge < -0.3 is 5.32 Å². The normalized spacial score (nSPS) is 26.7. The van der Waals surface area contributed by atoms with Crippen LogP contribution in [0.5, 0.6) is 0 Å². The van der Waals surface area contributed by atoms with Crippen LogP contribution in [0.25, 0.3) is 0 Å². The van der Waals surface area contributed by atoms with E-state index in [2.05, 4.69) is 5.32 Å². The standard InChI is InChI=1S/C12H16FN/c1-14-12-7-3-6-11(12)9-4-2-5-10(13)8-9/h2,4-5,8,11-12,14H,3,6-7H2,1H3. The summed E-state index contributed by atoms with van der Waals surface area (Å²) in [5.74, 6) is 0.375. The fraction of sp³-hybridized carbons (Fsp3) is 0.500. The van der Waals surface area contributed by atoms with Crippen molar-refractivity contribution in [3.05, 3.63) is 35.6 Å². The fourth-order valence-electron chi connectivity index (χ4n) is 2.44. The van der Waals surface area contributed by atoms with Crippen LogP contribution in [0.2, 0.25) is 0 Å². The maximum atomic E-state index is 13.0. The van der Waals surface area contributed by atoms with Gasteiger partial charge in [-0.1, -0.05) is 18.6 Å². The van der Waals surface area contributed by atoms with Gasteiger partial charge in [0.25, 0.3) is 0 Å². The Bertz CT molecular complexity index is 311. The summed E-state index contributed by atoms with van der Waals surface area (Å²) < 4.78 is 13.0. The summed E-state index contributed by atoms with van der Waals surface area (Å²) in [4.78, 5) is 0. The van der Waals surface area contributed by atoms with E-state index < -0.39 is 0 Å². The molecule has 0 radical (unpaired) electrons. The van der Waals surface area contributed by atoms with E-state index >= 15 is 0 Å². The molecule has 0 saturated heterocycles. The summed E-state index contributed by atoms with van der Waals surface area (Å²) >= 11 is 0. The van der Waals surface area contributed by atoms with E-state index in [1.54, 1.807) is 12.1 Å². The van der Waals surface area contributed by atoms with Crippen LogP contribution in [-0.2, 0) is 0 Å². The van der Waals surface area contributed by atoms with Crippen molar-refractivity contribution in [2.75, 3.05) is 7.05 Å². The molecule has 0 heterocycles. The van der Waals surface area contributed by atoms with Crippen LogP contribution in [0, 0.1) is 5.82 Å². The molecule has 1 aliphatic carbocycles. The Morgan fingerprint density at radius 1 is 1.36 bits per heavy atom. The molecule has 1 fully saturated rings. The van der Waals surface area contributed by atoms with E-state index in [0.717, 1.165) is 5.56 Å². The van der Waals surface area contributed by atoms with Gasteiger partial charge in [-0.15, -0.1) is 0 Å². The van der Waals surface area contributed by atoms with Gasteiger partial charge in [0.15, 0.2) is 0 Å². The quantitative estimate of drug-likeness (QED) is 0.761. The molecule has 0 aliphatic heterocycles. The number of hydrogen-bond donors (Lipinski definition) is 1. The van der Waals surface area contributed by atoms with E-state index in [0.29, 0.717) is 12.0 Å². The van der Waals surface area contributed by atoms with E-state index in [1.165, 1.54) is 25.3 Å². The lowest BCUT2D eigenvalue weighted by Gasteiger charge is -2.19. The first-order valence-corrected chi connectivity index (χ1v) is 5.24. The molecule has 1 saturated carbocycles. The number of rotatable bonds is 2. The third-order valence-corrected chi connectivity index (χ3v) is 3.16. The summed E-state index contributed by atoms with van der Waals surface area (Å²) in [5, 5.41) is 3.31. The van der Waals surface area contributed by atoms with Crippen LogP contribution in [-0.4, -0.2) is 13.1 Å². The highest BCUT2D eigenvalue weighted by Gasteiger charge is 2.27. The van der Waals surface area contributed by atoms with Gasteiger partial charge in [0.2, 0.25) is 0 Å². The average Bonchev–Trinajstić information content (AvgIpc) is 2.65. The van der Waals surface area contributed by atoms with Crippen LogP contribution in [0.15, 0.2) is 24.3 Å². The highest BCUT2D eigenvalue weighted by atomic mass is 19.1. The lowest BCUT2D eigenvalue weighted by atomic mass is 9.94. The molecule has 0 aromatic heterocycles. The summed E-state index contributed by atoms with van der Waals surface area (Å²) in [7, 11) is 1.99. The molecule has 76 valence electrons. The molecule has 1 aromatic rings. The second-order valence-corrected chi connectivity index (χ2v) is 3.99. The number of nitrogens with one attached hydrogen (secondary N) is 1. The Hall–Kier alpha value is -0.890. The third kappa shape index (κ3) is 1.80. The fourth-order valence-corrected chi connectivity index (χ4v) is 2.44. The van der Waals surface area contributed by atoms with Crippen molar-refractivity contribution in [1.82, 2.24) is 5.32 Å². The number of halogens is 1. The van der Waals surface area contributed by atoms with Crippen LogP contribution in [0.3, 0.4) is 0 Å². The molecule has 1 nitrogen and oxygen atoms in total. The Morgan fingerprint density at radius 3 is 2.93 bits per heavy atom. The molecule has 2 atom stereocenters. The second kappa shape index (κ2) is 4.09. The van der Waals surface area contributed by atoms with E-state index in [4.69, 9.17) is 0 Å². The van der Waals surface area contributed by atoms with Gasteiger partial charge in [-0.25, -0.2) is 4.39 Å². The summed E-state index contributed by atoms with van der Waals surface area (Å²) in [6.07, 6.45) is 3.62. The number of likely N-dealkylation sites (N-methyl/N-ethyl adjacent to an activating group) is 1.